The summed E-state index contributed by atoms with van der Waals surface area (Å²) in [5.41, 5.74) is 0.320. The van der Waals surface area contributed by atoms with Crippen molar-refractivity contribution in [3.05, 3.63) is 54.1 Å². The molecule has 0 saturated heterocycles. The number of rotatable bonds is 6. The van der Waals surface area contributed by atoms with Gasteiger partial charge in [0.05, 0.1) is 12.5 Å². The molecule has 1 aliphatic carbocycles. The lowest BCUT2D eigenvalue weighted by atomic mass is 9.93. The highest BCUT2D eigenvalue weighted by Gasteiger charge is 2.31. The molecule has 2 N–H and O–H groups in total. The molecule has 11 heteroatoms. The van der Waals surface area contributed by atoms with Gasteiger partial charge in [0.15, 0.2) is 0 Å². The molecular weight excluding hydrogens is 454 g/mol. The topological polar surface area (TPSA) is 59.6 Å². The Labute approximate surface area is 186 Å². The Morgan fingerprint density at radius 2 is 1.55 bits per heavy atom. The predicted octanol–water partition coefficient (Wildman–Crippen LogP) is 6.20. The lowest BCUT2D eigenvalue weighted by molar-refractivity contribution is -0.274. The molecule has 1 saturated carbocycles. The molecular formula is C22H22F6N2O3. The molecule has 2 aromatic carbocycles. The number of urea groups is 1. The maximum absolute atomic E-state index is 12.5. The predicted molar refractivity (Wildman–Crippen MR) is 108 cm³/mol. The molecule has 0 aliphatic heterocycles. The first-order chi connectivity index (χ1) is 15.4. The lowest BCUT2D eigenvalue weighted by Crippen LogP contribution is -2.41. The Morgan fingerprint density at radius 3 is 2.15 bits per heavy atom. The zero-order valence-electron chi connectivity index (χ0n) is 17.3. The van der Waals surface area contributed by atoms with E-state index in [1.165, 1.54) is 48.5 Å². The highest BCUT2D eigenvalue weighted by molar-refractivity contribution is 5.89. The maximum atomic E-state index is 12.5. The Bertz CT molecular complexity index is 923. The number of hydrogen-bond donors (Lipinski definition) is 2. The third kappa shape index (κ3) is 8.74. The molecule has 1 aliphatic rings. The number of benzene rings is 2. The summed E-state index contributed by atoms with van der Waals surface area (Å²) >= 11 is 0. The Balaban J connectivity index is 1.42. The fraction of sp³-hybridized carbons (Fsp3) is 0.409. The van der Waals surface area contributed by atoms with E-state index in [0.29, 0.717) is 31.4 Å². The van der Waals surface area contributed by atoms with Gasteiger partial charge in [-0.3, -0.25) is 0 Å². The molecule has 0 heterocycles. The molecule has 0 radical (unpaired) electrons. The van der Waals surface area contributed by atoms with E-state index in [1.807, 2.05) is 0 Å². The van der Waals surface area contributed by atoms with E-state index in [-0.39, 0.29) is 29.1 Å². The first kappa shape index (κ1) is 24.5. The van der Waals surface area contributed by atoms with Gasteiger partial charge in [0.2, 0.25) is 0 Å². The first-order valence-corrected chi connectivity index (χ1v) is 10.2. The van der Waals surface area contributed by atoms with Crippen molar-refractivity contribution >= 4 is 11.7 Å². The summed E-state index contributed by atoms with van der Waals surface area (Å²) in [7, 11) is 0. The van der Waals surface area contributed by atoms with Crippen LogP contribution in [-0.2, 0) is 6.42 Å². The van der Waals surface area contributed by atoms with Gasteiger partial charge in [0.1, 0.15) is 11.5 Å². The van der Waals surface area contributed by atoms with Gasteiger partial charge in [0.25, 0.3) is 0 Å². The van der Waals surface area contributed by atoms with E-state index in [4.69, 9.17) is 4.74 Å². The van der Waals surface area contributed by atoms with E-state index in [0.717, 1.165) is 0 Å². The van der Waals surface area contributed by atoms with Gasteiger partial charge >= 0.3 is 18.6 Å². The van der Waals surface area contributed by atoms with Gasteiger partial charge in [-0.1, -0.05) is 12.1 Å². The molecule has 33 heavy (non-hydrogen) atoms. The van der Waals surface area contributed by atoms with Crippen LogP contribution in [0.25, 0.3) is 0 Å². The Kier molecular flexibility index (Phi) is 7.60. The van der Waals surface area contributed by atoms with Gasteiger partial charge in [-0.25, -0.2) is 4.79 Å². The molecule has 1 fully saturated rings. The molecule has 2 aromatic rings. The van der Waals surface area contributed by atoms with Gasteiger partial charge in [-0.2, -0.15) is 13.2 Å². The molecule has 0 atom stereocenters. The molecule has 0 spiro atoms. The van der Waals surface area contributed by atoms with Gasteiger partial charge in [-0.05, 0) is 67.6 Å². The minimum atomic E-state index is -4.76. The number of anilines is 1. The van der Waals surface area contributed by atoms with Crippen LogP contribution in [0.1, 0.15) is 31.2 Å². The van der Waals surface area contributed by atoms with Crippen molar-refractivity contribution in [2.24, 2.45) is 0 Å². The second-order valence-electron chi connectivity index (χ2n) is 7.70. The highest BCUT2D eigenvalue weighted by Crippen LogP contribution is 2.28. The van der Waals surface area contributed by atoms with Crippen LogP contribution >= 0.6 is 0 Å². The summed E-state index contributed by atoms with van der Waals surface area (Å²) < 4.78 is 83.8. The van der Waals surface area contributed by atoms with E-state index in [9.17, 15) is 31.1 Å². The number of ether oxygens (including phenoxy) is 2. The third-order valence-corrected chi connectivity index (χ3v) is 4.96. The Hall–Kier alpha value is -3.11. The second kappa shape index (κ2) is 10.2. The number of hydrogen-bond acceptors (Lipinski definition) is 3. The van der Waals surface area contributed by atoms with Crippen molar-refractivity contribution in [3.63, 3.8) is 0 Å². The number of halogens is 6. The summed E-state index contributed by atoms with van der Waals surface area (Å²) in [6.45, 7) is 0. The number of alkyl halides is 6. The standard InChI is InChI=1S/C22H22F6N2O3/c23-21(24,25)13-14-2-1-3-16(12-14)30-20(31)29-15-4-6-17(7-5-15)32-18-8-10-19(11-9-18)33-22(26,27)28/h1-3,8-12,15,17H,4-7,13H2,(H2,29,30,31). The van der Waals surface area contributed by atoms with E-state index in [2.05, 4.69) is 15.4 Å². The van der Waals surface area contributed by atoms with Crippen molar-refractivity contribution in [2.75, 3.05) is 5.32 Å². The molecule has 3 rings (SSSR count). The largest absolute Gasteiger partial charge is 0.573 e. The van der Waals surface area contributed by atoms with E-state index < -0.39 is 25.0 Å². The van der Waals surface area contributed by atoms with Crippen LogP contribution < -0.4 is 20.1 Å². The van der Waals surface area contributed by atoms with Crippen LogP contribution in [0.15, 0.2) is 48.5 Å². The van der Waals surface area contributed by atoms with Gasteiger partial charge < -0.3 is 20.1 Å². The summed E-state index contributed by atoms with van der Waals surface area (Å²) in [5, 5.41) is 5.34. The van der Waals surface area contributed by atoms with Crippen molar-refractivity contribution in [1.29, 1.82) is 0 Å². The van der Waals surface area contributed by atoms with Crippen molar-refractivity contribution in [2.45, 2.75) is 56.8 Å². The zero-order chi connectivity index (χ0) is 24.1. The molecule has 5 nitrogen and oxygen atoms in total. The van der Waals surface area contributed by atoms with Gasteiger partial charge in [-0.15, -0.1) is 13.2 Å². The minimum Gasteiger partial charge on any atom is -0.490 e. The van der Waals surface area contributed by atoms with Crippen molar-refractivity contribution < 1.29 is 40.6 Å². The number of nitrogens with one attached hydrogen (secondary N) is 2. The lowest BCUT2D eigenvalue weighted by Gasteiger charge is -2.29. The van der Waals surface area contributed by atoms with Crippen LogP contribution in [0.3, 0.4) is 0 Å². The molecule has 2 amide bonds. The fourth-order valence-corrected chi connectivity index (χ4v) is 3.58. The maximum Gasteiger partial charge on any atom is 0.573 e. The second-order valence-corrected chi connectivity index (χ2v) is 7.70. The minimum absolute atomic E-state index is 0.0518. The summed E-state index contributed by atoms with van der Waals surface area (Å²) in [5.74, 6) is 0.0788. The fourth-order valence-electron chi connectivity index (χ4n) is 3.58. The van der Waals surface area contributed by atoms with Crippen molar-refractivity contribution in [1.82, 2.24) is 5.32 Å². The van der Waals surface area contributed by atoms with Crippen LogP contribution in [0.4, 0.5) is 36.8 Å². The summed E-state index contributed by atoms with van der Waals surface area (Å²) in [6, 6.07) is 10.1. The van der Waals surface area contributed by atoms with Crippen LogP contribution in [0.5, 0.6) is 11.5 Å². The van der Waals surface area contributed by atoms with Crippen LogP contribution in [0, 0.1) is 0 Å². The number of amides is 2. The van der Waals surface area contributed by atoms with Crippen LogP contribution in [0.2, 0.25) is 0 Å². The van der Waals surface area contributed by atoms with Gasteiger partial charge in [0, 0.05) is 11.7 Å². The SMILES string of the molecule is O=C(Nc1cccc(CC(F)(F)F)c1)NC1CCC(Oc2ccc(OC(F)(F)F)cc2)CC1. The van der Waals surface area contributed by atoms with E-state index in [1.54, 1.807) is 0 Å². The van der Waals surface area contributed by atoms with Crippen molar-refractivity contribution in [3.8, 4) is 11.5 Å². The quantitative estimate of drug-likeness (QED) is 0.488. The highest BCUT2D eigenvalue weighted by atomic mass is 19.4. The normalized spacial score (nSPS) is 19.0. The monoisotopic (exact) mass is 476 g/mol. The summed E-state index contributed by atoms with van der Waals surface area (Å²) in [6.07, 6.45) is -7.86. The Morgan fingerprint density at radius 1 is 0.909 bits per heavy atom. The zero-order valence-corrected chi connectivity index (χ0v) is 17.3. The van der Waals surface area contributed by atoms with E-state index >= 15 is 0 Å². The first-order valence-electron chi connectivity index (χ1n) is 10.2. The average Bonchev–Trinajstić information content (AvgIpc) is 2.69. The number of carbonyl (C=O) groups excluding carboxylic acids is 1. The molecule has 0 bridgehead atoms. The number of carbonyl (C=O) groups is 1. The average molecular weight is 476 g/mol. The smallest absolute Gasteiger partial charge is 0.490 e. The third-order valence-electron chi connectivity index (χ3n) is 4.96. The molecule has 180 valence electrons. The molecule has 0 aromatic heterocycles. The molecule has 0 unspecified atom stereocenters. The summed E-state index contributed by atoms with van der Waals surface area (Å²) in [4.78, 5) is 12.2. The van der Waals surface area contributed by atoms with Crippen LogP contribution in [-0.4, -0.2) is 30.7 Å².